The highest BCUT2D eigenvalue weighted by atomic mass is 16.5. The van der Waals surface area contributed by atoms with Crippen LogP contribution in [0.25, 0.3) is 0 Å². The molecule has 4 nitrogen and oxygen atoms in total. The van der Waals surface area contributed by atoms with Crippen LogP contribution in [0.5, 0.6) is 0 Å². The summed E-state index contributed by atoms with van der Waals surface area (Å²) >= 11 is 0. The Morgan fingerprint density at radius 1 is 1.60 bits per heavy atom. The van der Waals surface area contributed by atoms with E-state index in [1.807, 2.05) is 13.8 Å². The van der Waals surface area contributed by atoms with E-state index in [1.54, 1.807) is 25.4 Å². The Bertz CT molecular complexity index is 368. The molecule has 1 heterocycles. The molecule has 15 heavy (non-hydrogen) atoms. The van der Waals surface area contributed by atoms with Crippen LogP contribution in [-0.4, -0.2) is 24.2 Å². The number of methoxy groups -OCH3 is 1. The van der Waals surface area contributed by atoms with Crippen molar-refractivity contribution < 1.29 is 4.74 Å². The Labute approximate surface area is 89.9 Å². The number of nitrogens with one attached hydrogen (secondary N) is 1. The maximum absolute atomic E-state index is 8.71. The fourth-order valence-corrected chi connectivity index (χ4v) is 0.972. The molecule has 80 valence electrons. The van der Waals surface area contributed by atoms with Crippen LogP contribution in [0.1, 0.15) is 19.4 Å². The smallest absolute Gasteiger partial charge is 0.127 e. The topological polar surface area (TPSA) is 57.9 Å². The number of nitrogens with zero attached hydrogens (tertiary/aromatic N) is 2. The van der Waals surface area contributed by atoms with Crippen molar-refractivity contribution in [3.8, 4) is 6.07 Å². The molecule has 0 atom stereocenters. The minimum atomic E-state index is -0.246. The maximum Gasteiger partial charge on any atom is 0.127 e. The zero-order chi connectivity index (χ0) is 11.3. The van der Waals surface area contributed by atoms with Crippen molar-refractivity contribution in [1.29, 1.82) is 5.26 Å². The summed E-state index contributed by atoms with van der Waals surface area (Å²) in [5.41, 5.74) is 0.354. The van der Waals surface area contributed by atoms with Gasteiger partial charge in [-0.25, -0.2) is 4.98 Å². The van der Waals surface area contributed by atoms with Crippen molar-refractivity contribution in [2.24, 2.45) is 0 Å². The van der Waals surface area contributed by atoms with Gasteiger partial charge in [-0.2, -0.15) is 5.26 Å². The minimum Gasteiger partial charge on any atom is -0.377 e. The first kappa shape index (κ1) is 11.5. The standard InChI is InChI=1S/C11H15N3O/c1-11(2,15-3)8-14-10-6-9(7-12)4-5-13-10/h4-6H,8H2,1-3H3,(H,13,14). The van der Waals surface area contributed by atoms with E-state index in [9.17, 15) is 0 Å². The first-order chi connectivity index (χ1) is 7.07. The number of anilines is 1. The van der Waals surface area contributed by atoms with Crippen molar-refractivity contribution in [3.05, 3.63) is 23.9 Å². The SMILES string of the molecule is COC(C)(C)CNc1cc(C#N)ccn1. The van der Waals surface area contributed by atoms with Crippen molar-refractivity contribution in [2.75, 3.05) is 19.0 Å². The summed E-state index contributed by atoms with van der Waals surface area (Å²) in [7, 11) is 1.67. The number of hydrogen-bond donors (Lipinski definition) is 1. The van der Waals surface area contributed by atoms with E-state index >= 15 is 0 Å². The molecule has 0 fully saturated rings. The largest absolute Gasteiger partial charge is 0.377 e. The fraction of sp³-hybridized carbons (Fsp3) is 0.455. The number of hydrogen-bond acceptors (Lipinski definition) is 4. The lowest BCUT2D eigenvalue weighted by molar-refractivity contribution is 0.0343. The van der Waals surface area contributed by atoms with E-state index < -0.39 is 0 Å². The van der Waals surface area contributed by atoms with Crippen LogP contribution in [-0.2, 0) is 4.74 Å². The first-order valence-electron chi connectivity index (χ1n) is 4.72. The zero-order valence-electron chi connectivity index (χ0n) is 9.24. The summed E-state index contributed by atoms with van der Waals surface area (Å²) in [6.45, 7) is 4.60. The molecule has 0 saturated carbocycles. The van der Waals surface area contributed by atoms with Crippen molar-refractivity contribution in [1.82, 2.24) is 4.98 Å². The molecule has 0 bridgehead atoms. The third-order valence-corrected chi connectivity index (χ3v) is 2.14. The van der Waals surface area contributed by atoms with Gasteiger partial charge in [0.1, 0.15) is 5.82 Å². The van der Waals surface area contributed by atoms with E-state index in [1.165, 1.54) is 0 Å². The summed E-state index contributed by atoms with van der Waals surface area (Å²) in [6, 6.07) is 5.45. The van der Waals surface area contributed by atoms with Gasteiger partial charge in [-0.1, -0.05) is 0 Å². The number of aromatic nitrogens is 1. The van der Waals surface area contributed by atoms with Crippen LogP contribution in [0.2, 0.25) is 0 Å². The molecule has 1 N–H and O–H groups in total. The second-order valence-electron chi connectivity index (χ2n) is 3.86. The average molecular weight is 205 g/mol. The van der Waals surface area contributed by atoms with Gasteiger partial charge in [0.2, 0.25) is 0 Å². The lowest BCUT2D eigenvalue weighted by Gasteiger charge is -2.23. The molecule has 0 aliphatic rings. The van der Waals surface area contributed by atoms with Crippen LogP contribution in [0.15, 0.2) is 18.3 Å². The third-order valence-electron chi connectivity index (χ3n) is 2.14. The van der Waals surface area contributed by atoms with Gasteiger partial charge in [0, 0.05) is 19.9 Å². The Kier molecular flexibility index (Phi) is 3.64. The average Bonchev–Trinajstić information content (AvgIpc) is 2.27. The van der Waals surface area contributed by atoms with Crippen molar-refractivity contribution in [2.45, 2.75) is 19.4 Å². The van der Waals surface area contributed by atoms with Crippen molar-refractivity contribution >= 4 is 5.82 Å². The summed E-state index contributed by atoms with van der Waals surface area (Å²) in [5.74, 6) is 0.694. The normalized spacial score (nSPS) is 10.8. The van der Waals surface area contributed by atoms with E-state index in [2.05, 4.69) is 16.4 Å². The number of nitriles is 1. The minimum absolute atomic E-state index is 0.246. The van der Waals surface area contributed by atoms with E-state index in [0.717, 1.165) is 0 Å². The fourth-order valence-electron chi connectivity index (χ4n) is 0.972. The molecular formula is C11H15N3O. The molecular weight excluding hydrogens is 190 g/mol. The number of rotatable bonds is 4. The molecule has 0 aromatic carbocycles. The molecule has 0 spiro atoms. The first-order valence-corrected chi connectivity index (χ1v) is 4.72. The monoisotopic (exact) mass is 205 g/mol. The Balaban J connectivity index is 2.62. The van der Waals surface area contributed by atoms with Crippen LogP contribution in [0, 0.1) is 11.3 Å². The highest BCUT2D eigenvalue weighted by molar-refractivity contribution is 5.42. The maximum atomic E-state index is 8.71. The predicted octanol–water partition coefficient (Wildman–Crippen LogP) is 1.79. The predicted molar refractivity (Wildman–Crippen MR) is 58.5 cm³/mol. The van der Waals surface area contributed by atoms with Crippen LogP contribution in [0.3, 0.4) is 0 Å². The highest BCUT2D eigenvalue weighted by Crippen LogP contribution is 2.10. The zero-order valence-corrected chi connectivity index (χ0v) is 9.24. The second-order valence-corrected chi connectivity index (χ2v) is 3.86. The van der Waals surface area contributed by atoms with Gasteiger partial charge >= 0.3 is 0 Å². The van der Waals surface area contributed by atoms with E-state index in [0.29, 0.717) is 17.9 Å². The Hall–Kier alpha value is -1.60. The van der Waals surface area contributed by atoms with E-state index in [-0.39, 0.29) is 5.60 Å². The molecule has 0 unspecified atom stereocenters. The molecule has 1 aromatic rings. The molecule has 1 aromatic heterocycles. The highest BCUT2D eigenvalue weighted by Gasteiger charge is 2.15. The molecule has 4 heteroatoms. The molecule has 0 saturated heterocycles. The van der Waals surface area contributed by atoms with Gasteiger partial charge in [0.05, 0.1) is 17.2 Å². The lowest BCUT2D eigenvalue weighted by Crippen LogP contribution is -2.32. The van der Waals surface area contributed by atoms with Gasteiger partial charge in [-0.05, 0) is 26.0 Å². The van der Waals surface area contributed by atoms with Gasteiger partial charge in [-0.3, -0.25) is 0 Å². The quantitative estimate of drug-likeness (QED) is 0.814. The number of pyridine rings is 1. The third kappa shape index (κ3) is 3.56. The molecule has 0 amide bonds. The van der Waals surface area contributed by atoms with Gasteiger partial charge in [-0.15, -0.1) is 0 Å². The Morgan fingerprint density at radius 3 is 2.93 bits per heavy atom. The second kappa shape index (κ2) is 4.76. The molecule has 0 aliphatic heterocycles. The molecule has 1 rings (SSSR count). The summed E-state index contributed by atoms with van der Waals surface area (Å²) in [6.07, 6.45) is 1.61. The molecule has 0 radical (unpaired) electrons. The van der Waals surface area contributed by atoms with Gasteiger partial charge in [0.25, 0.3) is 0 Å². The summed E-state index contributed by atoms with van der Waals surface area (Å²) in [4.78, 5) is 4.11. The summed E-state index contributed by atoms with van der Waals surface area (Å²) < 4.78 is 5.26. The summed E-state index contributed by atoms with van der Waals surface area (Å²) in [5, 5.41) is 11.8. The Morgan fingerprint density at radius 2 is 2.33 bits per heavy atom. The molecule has 0 aliphatic carbocycles. The van der Waals surface area contributed by atoms with Gasteiger partial charge < -0.3 is 10.1 Å². The number of ether oxygens (including phenoxy) is 1. The van der Waals surface area contributed by atoms with Gasteiger partial charge in [0.15, 0.2) is 0 Å². The van der Waals surface area contributed by atoms with Crippen LogP contribution in [0.4, 0.5) is 5.82 Å². The van der Waals surface area contributed by atoms with Crippen LogP contribution >= 0.6 is 0 Å². The van der Waals surface area contributed by atoms with Crippen LogP contribution < -0.4 is 5.32 Å². The lowest BCUT2D eigenvalue weighted by atomic mass is 10.1. The van der Waals surface area contributed by atoms with E-state index in [4.69, 9.17) is 10.00 Å². The van der Waals surface area contributed by atoms with Crippen molar-refractivity contribution in [3.63, 3.8) is 0 Å².